The molecule has 0 bridgehead atoms. The van der Waals surface area contributed by atoms with Gasteiger partial charge in [-0.1, -0.05) is 22.5 Å². The second-order valence-corrected chi connectivity index (χ2v) is 5.71. The molecule has 3 nitrogen and oxygen atoms in total. The number of halogens is 1. The number of anilines is 1. The van der Waals surface area contributed by atoms with E-state index in [2.05, 4.69) is 34.7 Å². The zero-order valence-electron chi connectivity index (χ0n) is 11.6. The van der Waals surface area contributed by atoms with Gasteiger partial charge in [-0.3, -0.25) is 4.79 Å². The van der Waals surface area contributed by atoms with Gasteiger partial charge in [-0.05, 0) is 43.7 Å². The number of nitrogens with one attached hydrogen (secondary N) is 2. The van der Waals surface area contributed by atoms with Crippen molar-refractivity contribution in [3.8, 4) is 0 Å². The minimum atomic E-state index is 0.0648. The zero-order valence-corrected chi connectivity index (χ0v) is 13.2. The number of quaternary nitrogens is 1. The summed E-state index contributed by atoms with van der Waals surface area (Å²) in [6.45, 7) is 10.9. The summed E-state index contributed by atoms with van der Waals surface area (Å²) < 4.78 is 1.01. The fourth-order valence-corrected chi connectivity index (χ4v) is 2.13. The van der Waals surface area contributed by atoms with E-state index in [9.17, 15) is 4.79 Å². The van der Waals surface area contributed by atoms with Crippen LogP contribution in [0.3, 0.4) is 0 Å². The summed E-state index contributed by atoms with van der Waals surface area (Å²) in [7, 11) is 0. The van der Waals surface area contributed by atoms with Crippen molar-refractivity contribution in [2.75, 3.05) is 25.0 Å². The largest absolute Gasteiger partial charge is 0.331 e. The van der Waals surface area contributed by atoms with Gasteiger partial charge < -0.3 is 10.2 Å². The number of amides is 1. The minimum absolute atomic E-state index is 0.0648. The van der Waals surface area contributed by atoms with E-state index in [0.29, 0.717) is 6.42 Å². The van der Waals surface area contributed by atoms with E-state index in [1.807, 2.05) is 31.2 Å². The monoisotopic (exact) mass is 325 g/mol. The van der Waals surface area contributed by atoms with Crippen LogP contribution in [-0.4, -0.2) is 25.5 Å². The molecule has 4 heteroatoms. The summed E-state index contributed by atoms with van der Waals surface area (Å²) in [6.07, 6.45) is 0.534. The Morgan fingerprint density at radius 3 is 2.53 bits per heavy atom. The van der Waals surface area contributed by atoms with Gasteiger partial charge in [0.25, 0.3) is 0 Å². The number of likely N-dealkylation sites (N-methyl/N-ethyl adjacent to an activating group) is 1. The Balaban J connectivity index is 2.38. The predicted octanol–water partition coefficient (Wildman–Crippen LogP) is 2.26. The molecule has 0 spiro atoms. The second kappa shape index (κ2) is 8.12. The normalized spacial score (nSPS) is 11.9. The van der Waals surface area contributed by atoms with Gasteiger partial charge in [0.15, 0.2) is 0 Å². The first-order chi connectivity index (χ1) is 9.01. The Morgan fingerprint density at radius 1 is 1.37 bits per heavy atom. The smallest absolute Gasteiger partial charge is 0.230 e. The molecule has 1 aromatic carbocycles. The van der Waals surface area contributed by atoms with E-state index in [1.54, 1.807) is 0 Å². The molecule has 1 atom stereocenters. The van der Waals surface area contributed by atoms with Crippen molar-refractivity contribution in [2.45, 2.75) is 20.3 Å². The lowest BCUT2D eigenvalue weighted by Gasteiger charge is -2.17. The highest BCUT2D eigenvalue weighted by molar-refractivity contribution is 9.10. The van der Waals surface area contributed by atoms with E-state index in [4.69, 9.17) is 0 Å². The molecular formula is C15H22BrN2O+. The summed E-state index contributed by atoms with van der Waals surface area (Å²) in [5, 5.41) is 2.91. The first kappa shape index (κ1) is 15.9. The molecule has 0 fully saturated rings. The Morgan fingerprint density at radius 2 is 2.00 bits per heavy atom. The topological polar surface area (TPSA) is 33.5 Å². The average Bonchev–Trinajstić information content (AvgIpc) is 2.37. The maximum Gasteiger partial charge on any atom is 0.230 e. The van der Waals surface area contributed by atoms with Gasteiger partial charge in [-0.2, -0.15) is 0 Å². The molecule has 0 aromatic heterocycles. The van der Waals surface area contributed by atoms with Crippen LogP contribution in [0.15, 0.2) is 40.9 Å². The average molecular weight is 326 g/mol. The van der Waals surface area contributed by atoms with Crippen molar-refractivity contribution in [3.63, 3.8) is 0 Å². The molecule has 1 amide bonds. The third-order valence-corrected chi connectivity index (χ3v) is 3.41. The molecule has 1 unspecified atom stereocenters. The number of rotatable bonds is 7. The van der Waals surface area contributed by atoms with Crippen molar-refractivity contribution in [1.82, 2.24) is 0 Å². The van der Waals surface area contributed by atoms with Crippen LogP contribution in [0.4, 0.5) is 5.69 Å². The summed E-state index contributed by atoms with van der Waals surface area (Å²) >= 11 is 3.37. The molecule has 0 saturated carbocycles. The number of benzene rings is 1. The van der Waals surface area contributed by atoms with E-state index in [1.165, 1.54) is 4.90 Å². The summed E-state index contributed by atoms with van der Waals surface area (Å²) in [4.78, 5) is 13.2. The molecule has 1 rings (SSSR count). The fraction of sp³-hybridized carbons (Fsp3) is 0.400. The molecule has 0 heterocycles. The molecule has 0 aliphatic rings. The lowest BCUT2D eigenvalue weighted by molar-refractivity contribution is -0.892. The number of carbonyl (C=O) groups is 1. The van der Waals surface area contributed by atoms with E-state index in [-0.39, 0.29) is 5.91 Å². The Bertz CT molecular complexity index is 428. The molecule has 0 radical (unpaired) electrons. The van der Waals surface area contributed by atoms with Gasteiger partial charge >= 0.3 is 0 Å². The van der Waals surface area contributed by atoms with Gasteiger partial charge in [-0.15, -0.1) is 0 Å². The number of hydrogen-bond acceptors (Lipinski definition) is 1. The van der Waals surface area contributed by atoms with Crippen LogP contribution in [0, 0.1) is 0 Å². The van der Waals surface area contributed by atoms with Crippen LogP contribution >= 0.6 is 15.9 Å². The van der Waals surface area contributed by atoms with Gasteiger partial charge in [0.1, 0.15) is 0 Å². The maximum absolute atomic E-state index is 11.8. The lowest BCUT2D eigenvalue weighted by atomic mass is 10.2. The van der Waals surface area contributed by atoms with Gasteiger partial charge in [-0.25, -0.2) is 0 Å². The van der Waals surface area contributed by atoms with Gasteiger partial charge in [0.05, 0.1) is 26.1 Å². The Kier molecular flexibility index (Phi) is 6.81. The molecule has 104 valence electrons. The lowest BCUT2D eigenvalue weighted by Crippen LogP contribution is -3.12. The third kappa shape index (κ3) is 6.55. The van der Waals surface area contributed by atoms with Crippen LogP contribution in [0.25, 0.3) is 0 Å². The van der Waals surface area contributed by atoms with Gasteiger partial charge in [0, 0.05) is 10.2 Å². The van der Waals surface area contributed by atoms with Crippen LogP contribution < -0.4 is 10.2 Å². The van der Waals surface area contributed by atoms with Crippen LogP contribution in [0.1, 0.15) is 20.3 Å². The van der Waals surface area contributed by atoms with Crippen molar-refractivity contribution in [1.29, 1.82) is 0 Å². The highest BCUT2D eigenvalue weighted by Crippen LogP contribution is 2.13. The SMILES string of the molecule is C=C(C)C[NH+](CC)CCC(=O)Nc1ccc(Br)cc1. The van der Waals surface area contributed by atoms with Crippen molar-refractivity contribution in [3.05, 3.63) is 40.9 Å². The third-order valence-electron chi connectivity index (χ3n) is 2.89. The summed E-state index contributed by atoms with van der Waals surface area (Å²) in [5.74, 6) is 0.0648. The van der Waals surface area contributed by atoms with Crippen LogP contribution in [0.5, 0.6) is 0 Å². The summed E-state index contributed by atoms with van der Waals surface area (Å²) in [6, 6.07) is 7.61. The number of carbonyl (C=O) groups excluding carboxylic acids is 1. The Labute approximate surface area is 123 Å². The maximum atomic E-state index is 11.8. The molecule has 0 aliphatic carbocycles. The standard InChI is InChI=1S/C15H21BrN2O/c1-4-18(11-12(2)3)10-9-15(19)17-14-7-5-13(16)6-8-14/h5-8H,2,4,9-11H2,1,3H3,(H,17,19)/p+1. The zero-order chi connectivity index (χ0) is 14.3. The summed E-state index contributed by atoms with van der Waals surface area (Å²) in [5.41, 5.74) is 2.00. The van der Waals surface area contributed by atoms with Crippen molar-refractivity contribution in [2.24, 2.45) is 0 Å². The first-order valence-electron chi connectivity index (χ1n) is 6.54. The first-order valence-corrected chi connectivity index (χ1v) is 7.34. The fourth-order valence-electron chi connectivity index (χ4n) is 1.86. The quantitative estimate of drug-likeness (QED) is 0.741. The molecule has 2 N–H and O–H groups in total. The highest BCUT2D eigenvalue weighted by Gasteiger charge is 2.09. The van der Waals surface area contributed by atoms with Crippen molar-refractivity contribution >= 4 is 27.5 Å². The van der Waals surface area contributed by atoms with E-state index < -0.39 is 0 Å². The van der Waals surface area contributed by atoms with Gasteiger partial charge in [0.2, 0.25) is 5.91 Å². The van der Waals surface area contributed by atoms with E-state index >= 15 is 0 Å². The molecule has 0 aliphatic heterocycles. The number of hydrogen-bond donors (Lipinski definition) is 2. The highest BCUT2D eigenvalue weighted by atomic mass is 79.9. The molecule has 19 heavy (non-hydrogen) atoms. The van der Waals surface area contributed by atoms with Crippen molar-refractivity contribution < 1.29 is 9.69 Å². The van der Waals surface area contributed by atoms with Crippen LogP contribution in [-0.2, 0) is 4.79 Å². The second-order valence-electron chi connectivity index (χ2n) is 4.79. The molecule has 1 aromatic rings. The van der Waals surface area contributed by atoms with Crippen LogP contribution in [0.2, 0.25) is 0 Å². The Hall–Kier alpha value is -1.13. The predicted molar refractivity (Wildman–Crippen MR) is 83.4 cm³/mol. The minimum Gasteiger partial charge on any atom is -0.331 e. The molecule has 0 saturated heterocycles. The molecular weight excluding hydrogens is 304 g/mol. The van der Waals surface area contributed by atoms with E-state index in [0.717, 1.165) is 35.4 Å².